The van der Waals surface area contributed by atoms with Gasteiger partial charge in [0.15, 0.2) is 0 Å². The van der Waals surface area contributed by atoms with Crippen LogP contribution in [0.15, 0.2) is 65.1 Å². The van der Waals surface area contributed by atoms with Gasteiger partial charge in [0.2, 0.25) is 5.76 Å². The van der Waals surface area contributed by atoms with E-state index in [9.17, 15) is 9.59 Å². The van der Waals surface area contributed by atoms with Crippen LogP contribution in [0.25, 0.3) is 22.1 Å². The van der Waals surface area contributed by atoms with Crippen LogP contribution < -0.4 is 15.2 Å². The number of benzene rings is 3. The third-order valence-corrected chi connectivity index (χ3v) is 6.03. The van der Waals surface area contributed by atoms with E-state index in [0.29, 0.717) is 34.8 Å². The van der Waals surface area contributed by atoms with E-state index in [1.54, 1.807) is 39.2 Å². The van der Waals surface area contributed by atoms with E-state index in [1.165, 1.54) is 0 Å². The van der Waals surface area contributed by atoms with Gasteiger partial charge in [-0.1, -0.05) is 30.3 Å². The molecule has 1 aromatic heterocycles. The molecule has 0 spiro atoms. The van der Waals surface area contributed by atoms with E-state index in [0.717, 1.165) is 22.1 Å². The highest BCUT2D eigenvalue weighted by Crippen LogP contribution is 2.33. The average molecular weight is 518 g/mol. The summed E-state index contributed by atoms with van der Waals surface area (Å²) in [4.78, 5) is 25.0. The van der Waals surface area contributed by atoms with Gasteiger partial charge in [0, 0.05) is 23.6 Å². The number of nitrogens with two attached hydrogens (primary N) is 1. The molecule has 3 aromatic carbocycles. The van der Waals surface area contributed by atoms with Crippen molar-refractivity contribution in [3.63, 3.8) is 0 Å². The SMILES string of the molecule is CCOC(=O)Cc1ccc(OC)cc1OCc1c(C(=O)OCC)oc2ccc(-c3cccc(CN)c3)cc12. The van der Waals surface area contributed by atoms with E-state index < -0.39 is 5.97 Å². The van der Waals surface area contributed by atoms with Crippen molar-refractivity contribution in [3.8, 4) is 22.6 Å². The maximum atomic E-state index is 12.8. The van der Waals surface area contributed by atoms with Gasteiger partial charge in [0.05, 0.1) is 32.3 Å². The van der Waals surface area contributed by atoms with Gasteiger partial charge < -0.3 is 29.1 Å². The normalized spacial score (nSPS) is 10.8. The zero-order chi connectivity index (χ0) is 27.1. The Kier molecular flexibility index (Phi) is 8.66. The Morgan fingerprint density at radius 2 is 1.71 bits per heavy atom. The van der Waals surface area contributed by atoms with Crippen LogP contribution in [0, 0.1) is 0 Å². The lowest BCUT2D eigenvalue weighted by Gasteiger charge is -2.13. The average Bonchev–Trinajstić information content (AvgIpc) is 3.30. The molecule has 8 heteroatoms. The highest BCUT2D eigenvalue weighted by Gasteiger charge is 2.23. The molecular weight excluding hydrogens is 486 g/mol. The second kappa shape index (κ2) is 12.3. The Bertz CT molecular complexity index is 1440. The first kappa shape index (κ1) is 26.8. The van der Waals surface area contributed by atoms with Crippen LogP contribution in [0.2, 0.25) is 0 Å². The molecule has 0 bridgehead atoms. The summed E-state index contributed by atoms with van der Waals surface area (Å²) >= 11 is 0. The number of esters is 2. The number of hydrogen-bond acceptors (Lipinski definition) is 8. The van der Waals surface area contributed by atoms with Gasteiger partial charge in [-0.05, 0) is 54.8 Å². The van der Waals surface area contributed by atoms with E-state index in [4.69, 9.17) is 29.1 Å². The van der Waals surface area contributed by atoms with E-state index in [-0.39, 0.29) is 38.0 Å². The van der Waals surface area contributed by atoms with Crippen LogP contribution in [0.5, 0.6) is 11.5 Å². The number of methoxy groups -OCH3 is 1. The molecule has 0 aliphatic heterocycles. The Hall–Kier alpha value is -4.30. The van der Waals surface area contributed by atoms with E-state index in [2.05, 4.69) is 0 Å². The van der Waals surface area contributed by atoms with Crippen molar-refractivity contribution in [2.24, 2.45) is 5.73 Å². The molecule has 0 atom stereocenters. The second-order valence-corrected chi connectivity index (χ2v) is 8.49. The number of fused-ring (bicyclic) bond motifs is 1. The summed E-state index contributed by atoms with van der Waals surface area (Å²) in [6.07, 6.45) is 0.0334. The summed E-state index contributed by atoms with van der Waals surface area (Å²) in [6.45, 7) is 4.40. The fraction of sp³-hybridized carbons (Fsp3) is 0.267. The highest BCUT2D eigenvalue weighted by molar-refractivity contribution is 5.97. The van der Waals surface area contributed by atoms with Gasteiger partial charge in [-0.15, -0.1) is 0 Å². The minimum absolute atomic E-state index is 0.00354. The fourth-order valence-corrected chi connectivity index (χ4v) is 4.17. The van der Waals surface area contributed by atoms with Crippen LogP contribution in [0.3, 0.4) is 0 Å². The topological polar surface area (TPSA) is 110 Å². The van der Waals surface area contributed by atoms with Gasteiger partial charge in [0.1, 0.15) is 23.7 Å². The number of carbonyl (C=O) groups is 2. The van der Waals surface area contributed by atoms with Gasteiger partial charge in [-0.25, -0.2) is 4.79 Å². The third kappa shape index (κ3) is 5.98. The smallest absolute Gasteiger partial charge is 0.374 e. The maximum Gasteiger partial charge on any atom is 0.374 e. The zero-order valence-electron chi connectivity index (χ0n) is 21.7. The van der Waals surface area contributed by atoms with Crippen molar-refractivity contribution < 1.29 is 33.0 Å². The lowest BCUT2D eigenvalue weighted by atomic mass is 10.0. The largest absolute Gasteiger partial charge is 0.497 e. The monoisotopic (exact) mass is 517 g/mol. The molecule has 0 fully saturated rings. The second-order valence-electron chi connectivity index (χ2n) is 8.49. The van der Waals surface area contributed by atoms with Crippen molar-refractivity contribution >= 4 is 22.9 Å². The number of ether oxygens (including phenoxy) is 4. The molecule has 0 amide bonds. The van der Waals surface area contributed by atoms with Gasteiger partial charge >= 0.3 is 11.9 Å². The Labute approximate surface area is 221 Å². The summed E-state index contributed by atoms with van der Waals surface area (Å²) in [5.41, 5.74) is 10.5. The van der Waals surface area contributed by atoms with Crippen molar-refractivity contribution in [1.29, 1.82) is 0 Å². The van der Waals surface area contributed by atoms with Gasteiger partial charge in [0.25, 0.3) is 0 Å². The van der Waals surface area contributed by atoms with Crippen molar-refractivity contribution in [2.45, 2.75) is 33.4 Å². The Morgan fingerprint density at radius 1 is 0.921 bits per heavy atom. The summed E-state index contributed by atoms with van der Waals surface area (Å²) in [7, 11) is 1.55. The van der Waals surface area contributed by atoms with E-state index in [1.807, 2.05) is 42.5 Å². The predicted molar refractivity (Wildman–Crippen MR) is 143 cm³/mol. The number of rotatable bonds is 11. The first-order valence-corrected chi connectivity index (χ1v) is 12.4. The van der Waals surface area contributed by atoms with Crippen LogP contribution in [-0.2, 0) is 33.8 Å². The lowest BCUT2D eigenvalue weighted by Crippen LogP contribution is -2.10. The van der Waals surface area contributed by atoms with Crippen LogP contribution in [-0.4, -0.2) is 32.3 Å². The first-order chi connectivity index (χ1) is 18.5. The molecule has 0 radical (unpaired) electrons. The highest BCUT2D eigenvalue weighted by atomic mass is 16.5. The molecule has 0 unspecified atom stereocenters. The molecule has 0 saturated carbocycles. The Balaban J connectivity index is 1.74. The molecule has 4 rings (SSSR count). The molecule has 4 aromatic rings. The zero-order valence-corrected chi connectivity index (χ0v) is 21.7. The maximum absolute atomic E-state index is 12.8. The van der Waals surface area contributed by atoms with Crippen molar-refractivity contribution in [3.05, 3.63) is 83.1 Å². The quantitative estimate of drug-likeness (QED) is 0.262. The van der Waals surface area contributed by atoms with Crippen LogP contribution in [0.4, 0.5) is 0 Å². The molecular formula is C30H31NO7. The first-order valence-electron chi connectivity index (χ1n) is 12.4. The number of carbonyl (C=O) groups excluding carboxylic acids is 2. The number of furan rings is 1. The van der Waals surface area contributed by atoms with Gasteiger partial charge in [-0.2, -0.15) is 0 Å². The molecule has 0 aliphatic carbocycles. The van der Waals surface area contributed by atoms with Crippen molar-refractivity contribution in [2.75, 3.05) is 20.3 Å². The lowest BCUT2D eigenvalue weighted by molar-refractivity contribution is -0.142. The molecule has 198 valence electrons. The molecule has 0 aliphatic rings. The third-order valence-electron chi connectivity index (χ3n) is 6.03. The summed E-state index contributed by atoms with van der Waals surface area (Å²) in [5.74, 6) is 0.134. The molecule has 8 nitrogen and oxygen atoms in total. The fourth-order valence-electron chi connectivity index (χ4n) is 4.17. The van der Waals surface area contributed by atoms with Gasteiger partial charge in [-0.3, -0.25) is 4.79 Å². The number of hydrogen-bond donors (Lipinski definition) is 1. The molecule has 0 saturated heterocycles. The molecule has 38 heavy (non-hydrogen) atoms. The van der Waals surface area contributed by atoms with Crippen LogP contribution >= 0.6 is 0 Å². The van der Waals surface area contributed by atoms with Crippen LogP contribution in [0.1, 0.15) is 41.1 Å². The molecule has 2 N–H and O–H groups in total. The summed E-state index contributed by atoms with van der Waals surface area (Å²) in [6, 6.07) is 18.9. The standard InChI is InChI=1S/C30H31NO7/c1-4-35-28(32)15-22-9-11-23(34-3)16-27(22)37-18-25-24-14-21(20-8-6-7-19(13-20)17-31)10-12-26(24)38-29(25)30(33)36-5-2/h6-14,16H,4-5,15,17-18,31H2,1-3H3. The van der Waals surface area contributed by atoms with E-state index >= 15 is 0 Å². The predicted octanol–water partition coefficient (Wildman–Crippen LogP) is 5.43. The summed E-state index contributed by atoms with van der Waals surface area (Å²) < 4.78 is 27.8. The van der Waals surface area contributed by atoms with Crippen molar-refractivity contribution in [1.82, 2.24) is 0 Å². The minimum Gasteiger partial charge on any atom is -0.497 e. The minimum atomic E-state index is -0.577. The summed E-state index contributed by atoms with van der Waals surface area (Å²) in [5, 5.41) is 0.721. The Morgan fingerprint density at radius 3 is 2.45 bits per heavy atom. The molecule has 1 heterocycles.